The van der Waals surface area contributed by atoms with E-state index in [0.717, 1.165) is 0 Å². The van der Waals surface area contributed by atoms with Crippen molar-refractivity contribution in [3.8, 4) is 0 Å². The Morgan fingerprint density at radius 2 is 2.00 bits per heavy atom. The first-order valence-electron chi connectivity index (χ1n) is 3.67. The molecule has 0 aliphatic heterocycles. The number of hydrogen-bond donors (Lipinski definition) is 1. The molecule has 0 amide bonds. The molecule has 0 saturated carbocycles. The fourth-order valence-corrected chi connectivity index (χ4v) is 0.403. The van der Waals surface area contributed by atoms with E-state index in [9.17, 15) is 9.59 Å². The Morgan fingerprint density at radius 3 is 2.42 bits per heavy atom. The van der Waals surface area contributed by atoms with Gasteiger partial charge in [-0.05, 0) is 13.3 Å². The number of carbonyl (C=O) groups excluding carboxylic acids is 2. The lowest BCUT2D eigenvalue weighted by Gasteiger charge is -2.03. The minimum absolute atomic E-state index is 0.188. The Balaban J connectivity index is 3.54. The molecule has 0 aromatic carbocycles. The summed E-state index contributed by atoms with van der Waals surface area (Å²) in [5, 5.41) is 8.60. The number of rotatable bonds is 3. The summed E-state index contributed by atoms with van der Waals surface area (Å²) in [6.07, 6.45) is -0.475. The molecule has 0 bridgehead atoms. The quantitative estimate of drug-likeness (QED) is 0.490. The summed E-state index contributed by atoms with van der Waals surface area (Å²) >= 11 is 0. The maximum atomic E-state index is 10.6. The molecule has 0 aliphatic carbocycles. The normalized spacial score (nSPS) is 11.9. The highest BCUT2D eigenvalue weighted by atomic mass is 17.2. The average molecular weight is 176 g/mol. The summed E-state index contributed by atoms with van der Waals surface area (Å²) in [6, 6.07) is 0. The lowest BCUT2D eigenvalue weighted by Crippen LogP contribution is -2.21. The van der Waals surface area contributed by atoms with Crippen LogP contribution in [0.25, 0.3) is 0 Å². The van der Waals surface area contributed by atoms with Gasteiger partial charge >= 0.3 is 11.9 Å². The maximum absolute atomic E-state index is 10.6. The second-order valence-corrected chi connectivity index (χ2v) is 2.28. The summed E-state index contributed by atoms with van der Waals surface area (Å²) in [4.78, 5) is 29.1. The molecule has 1 N–H and O–H groups in total. The standard InChI is InChI=1S/C7H12O5/c1-3-4-6(9)11-12-7(10)5(2)8/h5,8H,3-4H2,1-2H3. The monoisotopic (exact) mass is 176 g/mol. The van der Waals surface area contributed by atoms with E-state index < -0.39 is 18.0 Å². The molecule has 0 fully saturated rings. The van der Waals surface area contributed by atoms with E-state index in [1.54, 1.807) is 6.92 Å². The molecule has 0 heterocycles. The third-order valence-corrected chi connectivity index (χ3v) is 1.01. The van der Waals surface area contributed by atoms with Crippen LogP contribution in [0, 0.1) is 0 Å². The van der Waals surface area contributed by atoms with Gasteiger partial charge in [0, 0.05) is 6.42 Å². The smallest absolute Gasteiger partial charge is 0.382 e. The molecule has 0 aromatic rings. The molecule has 5 nitrogen and oxygen atoms in total. The Labute approximate surface area is 70.2 Å². The molecule has 0 rings (SSSR count). The van der Waals surface area contributed by atoms with Crippen molar-refractivity contribution in [1.29, 1.82) is 0 Å². The summed E-state index contributed by atoms with van der Waals surface area (Å²) in [6.45, 7) is 3.01. The SMILES string of the molecule is CCCC(=O)OOC(=O)C(C)O. The third-order valence-electron chi connectivity index (χ3n) is 1.01. The van der Waals surface area contributed by atoms with E-state index in [1.165, 1.54) is 6.92 Å². The molecule has 0 spiro atoms. The van der Waals surface area contributed by atoms with Gasteiger partial charge in [0.05, 0.1) is 0 Å². The zero-order valence-electron chi connectivity index (χ0n) is 7.07. The van der Waals surface area contributed by atoms with Crippen molar-refractivity contribution in [2.24, 2.45) is 0 Å². The topological polar surface area (TPSA) is 72.8 Å². The van der Waals surface area contributed by atoms with Crippen LogP contribution in [0.2, 0.25) is 0 Å². The van der Waals surface area contributed by atoms with Crippen molar-refractivity contribution < 1.29 is 24.5 Å². The molecule has 0 aliphatic rings. The number of hydrogen-bond acceptors (Lipinski definition) is 5. The van der Waals surface area contributed by atoms with Gasteiger partial charge in [-0.2, -0.15) is 0 Å². The fourth-order valence-electron chi connectivity index (χ4n) is 0.403. The zero-order chi connectivity index (χ0) is 9.56. The molecular weight excluding hydrogens is 164 g/mol. The Bertz CT molecular complexity index is 163. The van der Waals surface area contributed by atoms with E-state index >= 15 is 0 Å². The number of carbonyl (C=O) groups is 2. The van der Waals surface area contributed by atoms with Crippen molar-refractivity contribution in [3.63, 3.8) is 0 Å². The van der Waals surface area contributed by atoms with Crippen LogP contribution in [0.3, 0.4) is 0 Å². The van der Waals surface area contributed by atoms with Crippen molar-refractivity contribution in [2.75, 3.05) is 0 Å². The van der Waals surface area contributed by atoms with E-state index in [2.05, 4.69) is 9.78 Å². The first-order valence-corrected chi connectivity index (χ1v) is 3.67. The van der Waals surface area contributed by atoms with Gasteiger partial charge in [0.2, 0.25) is 0 Å². The average Bonchev–Trinajstić information content (AvgIpc) is 2.00. The van der Waals surface area contributed by atoms with Gasteiger partial charge in [-0.15, -0.1) is 0 Å². The number of aliphatic hydroxyl groups is 1. The second-order valence-electron chi connectivity index (χ2n) is 2.28. The molecular formula is C7H12O5. The van der Waals surface area contributed by atoms with Crippen molar-refractivity contribution >= 4 is 11.9 Å². The van der Waals surface area contributed by atoms with Crippen LogP contribution in [0.15, 0.2) is 0 Å². The number of aliphatic hydroxyl groups excluding tert-OH is 1. The third kappa shape index (κ3) is 4.68. The Kier molecular flexibility index (Phi) is 5.03. The predicted molar refractivity (Wildman–Crippen MR) is 38.8 cm³/mol. The Hall–Kier alpha value is -1.10. The van der Waals surface area contributed by atoms with Gasteiger partial charge in [0.15, 0.2) is 6.10 Å². The molecule has 70 valence electrons. The molecule has 0 saturated heterocycles. The summed E-state index contributed by atoms with van der Waals surface area (Å²) in [7, 11) is 0. The van der Waals surface area contributed by atoms with Crippen LogP contribution in [0.1, 0.15) is 26.7 Å². The van der Waals surface area contributed by atoms with Gasteiger partial charge in [0.1, 0.15) is 0 Å². The van der Waals surface area contributed by atoms with E-state index in [0.29, 0.717) is 6.42 Å². The van der Waals surface area contributed by atoms with Crippen LogP contribution >= 0.6 is 0 Å². The molecule has 12 heavy (non-hydrogen) atoms. The molecule has 1 atom stereocenters. The maximum Gasteiger partial charge on any atom is 0.383 e. The lowest BCUT2D eigenvalue weighted by atomic mass is 10.3. The molecule has 1 unspecified atom stereocenters. The summed E-state index contributed by atoms with van der Waals surface area (Å²) < 4.78 is 0. The van der Waals surface area contributed by atoms with Crippen molar-refractivity contribution in [3.05, 3.63) is 0 Å². The van der Waals surface area contributed by atoms with Crippen LogP contribution < -0.4 is 0 Å². The zero-order valence-corrected chi connectivity index (χ0v) is 7.07. The van der Waals surface area contributed by atoms with Gasteiger partial charge < -0.3 is 5.11 Å². The highest BCUT2D eigenvalue weighted by Gasteiger charge is 2.13. The van der Waals surface area contributed by atoms with Gasteiger partial charge in [-0.3, -0.25) is 0 Å². The fraction of sp³-hybridized carbons (Fsp3) is 0.714. The second kappa shape index (κ2) is 5.54. The first-order chi connectivity index (χ1) is 5.57. The van der Waals surface area contributed by atoms with Gasteiger partial charge in [-0.1, -0.05) is 6.92 Å². The summed E-state index contributed by atoms with van der Waals surface area (Å²) in [5.41, 5.74) is 0. The van der Waals surface area contributed by atoms with Crippen LogP contribution in [0.5, 0.6) is 0 Å². The molecule has 0 radical (unpaired) electrons. The Morgan fingerprint density at radius 1 is 1.42 bits per heavy atom. The minimum Gasteiger partial charge on any atom is -0.382 e. The lowest BCUT2D eigenvalue weighted by molar-refractivity contribution is -0.263. The predicted octanol–water partition coefficient (Wildman–Crippen LogP) is 0.169. The largest absolute Gasteiger partial charge is 0.383 e. The van der Waals surface area contributed by atoms with Crippen LogP contribution in [-0.2, 0) is 19.4 Å². The van der Waals surface area contributed by atoms with Crippen molar-refractivity contribution in [2.45, 2.75) is 32.8 Å². The molecule has 5 heteroatoms. The van der Waals surface area contributed by atoms with E-state index in [1.807, 2.05) is 0 Å². The van der Waals surface area contributed by atoms with Crippen LogP contribution in [-0.4, -0.2) is 23.1 Å². The highest BCUT2D eigenvalue weighted by Crippen LogP contribution is 1.94. The minimum atomic E-state index is -1.28. The van der Waals surface area contributed by atoms with Crippen molar-refractivity contribution in [1.82, 2.24) is 0 Å². The summed E-state index contributed by atoms with van der Waals surface area (Å²) in [5.74, 6) is -1.59. The van der Waals surface area contributed by atoms with Crippen LogP contribution in [0.4, 0.5) is 0 Å². The van der Waals surface area contributed by atoms with E-state index in [4.69, 9.17) is 5.11 Å². The van der Waals surface area contributed by atoms with Gasteiger partial charge in [-0.25, -0.2) is 19.4 Å². The van der Waals surface area contributed by atoms with E-state index in [-0.39, 0.29) is 6.42 Å². The first kappa shape index (κ1) is 10.9. The highest BCUT2D eigenvalue weighted by molar-refractivity contribution is 5.75. The van der Waals surface area contributed by atoms with Gasteiger partial charge in [0.25, 0.3) is 0 Å². The molecule has 0 aromatic heterocycles.